The summed E-state index contributed by atoms with van der Waals surface area (Å²) in [7, 11) is 1.42. The van der Waals surface area contributed by atoms with Crippen molar-refractivity contribution < 1.29 is 9.53 Å². The van der Waals surface area contributed by atoms with Crippen LogP contribution in [-0.2, 0) is 11.2 Å². The molecule has 0 saturated carbocycles. The third-order valence-electron chi connectivity index (χ3n) is 4.26. The fourth-order valence-electron chi connectivity index (χ4n) is 3.14. The molecule has 0 N–H and O–H groups in total. The molecule has 0 amide bonds. The summed E-state index contributed by atoms with van der Waals surface area (Å²) in [5.41, 5.74) is 8.06. The number of ether oxygens (including phenoxy) is 1. The van der Waals surface area contributed by atoms with Crippen molar-refractivity contribution in [3.8, 4) is 0 Å². The van der Waals surface area contributed by atoms with Gasteiger partial charge in [0.15, 0.2) is 0 Å². The zero-order valence-electron chi connectivity index (χ0n) is 13.3. The number of fused-ring (bicyclic) bond motifs is 1. The highest BCUT2D eigenvalue weighted by Crippen LogP contribution is 2.34. The second-order valence-corrected chi connectivity index (χ2v) is 5.84. The SMILES string of the molecule is COC(=O)c1ccc2c(c1)C(c1ccc(C)cc1C)=CCC2. The van der Waals surface area contributed by atoms with Crippen LogP contribution in [0.15, 0.2) is 42.5 Å². The Morgan fingerprint density at radius 1 is 1.05 bits per heavy atom. The van der Waals surface area contributed by atoms with Crippen LogP contribution in [0.4, 0.5) is 0 Å². The van der Waals surface area contributed by atoms with Gasteiger partial charge in [-0.15, -0.1) is 0 Å². The lowest BCUT2D eigenvalue weighted by atomic mass is 9.84. The number of carbonyl (C=O) groups is 1. The van der Waals surface area contributed by atoms with Crippen LogP contribution in [0, 0.1) is 13.8 Å². The molecule has 2 aromatic rings. The minimum atomic E-state index is -0.284. The highest BCUT2D eigenvalue weighted by molar-refractivity contribution is 5.93. The summed E-state index contributed by atoms with van der Waals surface area (Å²) in [6.45, 7) is 4.25. The van der Waals surface area contributed by atoms with Crippen molar-refractivity contribution in [3.63, 3.8) is 0 Å². The molecule has 2 nitrogen and oxygen atoms in total. The summed E-state index contributed by atoms with van der Waals surface area (Å²) in [6.07, 6.45) is 4.33. The van der Waals surface area contributed by atoms with Gasteiger partial charge < -0.3 is 4.74 Å². The molecule has 3 rings (SSSR count). The maximum absolute atomic E-state index is 11.8. The average Bonchev–Trinajstić information content (AvgIpc) is 2.53. The van der Waals surface area contributed by atoms with Crippen molar-refractivity contribution in [2.24, 2.45) is 0 Å². The van der Waals surface area contributed by atoms with Gasteiger partial charge in [0.25, 0.3) is 0 Å². The Bertz CT molecular complexity index is 769. The van der Waals surface area contributed by atoms with Crippen molar-refractivity contribution in [1.82, 2.24) is 0 Å². The highest BCUT2D eigenvalue weighted by Gasteiger charge is 2.18. The number of esters is 1. The van der Waals surface area contributed by atoms with E-state index in [4.69, 9.17) is 4.74 Å². The van der Waals surface area contributed by atoms with Gasteiger partial charge in [0.2, 0.25) is 0 Å². The van der Waals surface area contributed by atoms with Gasteiger partial charge in [0, 0.05) is 0 Å². The fourth-order valence-corrected chi connectivity index (χ4v) is 3.14. The molecular weight excluding hydrogens is 272 g/mol. The zero-order valence-corrected chi connectivity index (χ0v) is 13.3. The van der Waals surface area contributed by atoms with Crippen LogP contribution in [0.1, 0.15) is 44.6 Å². The van der Waals surface area contributed by atoms with Gasteiger partial charge >= 0.3 is 5.97 Å². The van der Waals surface area contributed by atoms with Crippen LogP contribution in [0.3, 0.4) is 0 Å². The van der Waals surface area contributed by atoms with Crippen molar-refractivity contribution in [2.45, 2.75) is 26.7 Å². The second-order valence-electron chi connectivity index (χ2n) is 5.84. The van der Waals surface area contributed by atoms with Gasteiger partial charge in [-0.25, -0.2) is 4.79 Å². The molecule has 22 heavy (non-hydrogen) atoms. The van der Waals surface area contributed by atoms with Crippen molar-refractivity contribution >= 4 is 11.5 Å². The van der Waals surface area contributed by atoms with Crippen molar-refractivity contribution in [1.29, 1.82) is 0 Å². The van der Waals surface area contributed by atoms with E-state index in [1.165, 1.54) is 34.9 Å². The minimum absolute atomic E-state index is 0.284. The molecule has 0 spiro atoms. The van der Waals surface area contributed by atoms with E-state index in [-0.39, 0.29) is 5.97 Å². The number of carbonyl (C=O) groups excluding carboxylic acids is 1. The van der Waals surface area contributed by atoms with Crippen LogP contribution in [0.2, 0.25) is 0 Å². The van der Waals surface area contributed by atoms with Crippen LogP contribution in [0.5, 0.6) is 0 Å². The van der Waals surface area contributed by atoms with Crippen LogP contribution in [-0.4, -0.2) is 13.1 Å². The van der Waals surface area contributed by atoms with Crippen LogP contribution < -0.4 is 0 Å². The lowest BCUT2D eigenvalue weighted by Crippen LogP contribution is -2.07. The van der Waals surface area contributed by atoms with Gasteiger partial charge in [0.05, 0.1) is 12.7 Å². The normalized spacial score (nSPS) is 13.3. The first kappa shape index (κ1) is 14.6. The van der Waals surface area contributed by atoms with Gasteiger partial charge in [0.1, 0.15) is 0 Å². The number of hydrogen-bond acceptors (Lipinski definition) is 2. The van der Waals surface area contributed by atoms with Crippen LogP contribution >= 0.6 is 0 Å². The standard InChI is InChI=1S/C20H20O2/c1-13-7-10-17(14(2)11-13)18-6-4-5-15-8-9-16(12-19(15)18)20(21)22-3/h6-12H,4-5H2,1-3H3. The largest absolute Gasteiger partial charge is 0.465 e. The van der Waals surface area contributed by atoms with Crippen molar-refractivity contribution in [3.05, 3.63) is 75.9 Å². The molecule has 0 atom stereocenters. The Hall–Kier alpha value is -2.35. The number of aryl methyl sites for hydroxylation is 3. The van der Waals surface area contributed by atoms with Gasteiger partial charge in [-0.1, -0.05) is 35.9 Å². The van der Waals surface area contributed by atoms with E-state index in [0.29, 0.717) is 5.56 Å². The molecule has 0 heterocycles. The monoisotopic (exact) mass is 292 g/mol. The number of allylic oxidation sites excluding steroid dienone is 1. The first-order valence-electron chi connectivity index (χ1n) is 7.59. The maximum Gasteiger partial charge on any atom is 0.337 e. The number of rotatable bonds is 2. The number of hydrogen-bond donors (Lipinski definition) is 0. The van der Waals surface area contributed by atoms with Crippen molar-refractivity contribution in [2.75, 3.05) is 7.11 Å². The summed E-state index contributed by atoms with van der Waals surface area (Å²) < 4.78 is 4.85. The molecule has 0 unspecified atom stereocenters. The molecule has 112 valence electrons. The third kappa shape index (κ3) is 2.57. The van der Waals surface area contributed by atoms with E-state index >= 15 is 0 Å². The molecule has 0 bridgehead atoms. The minimum Gasteiger partial charge on any atom is -0.465 e. The van der Waals surface area contributed by atoms with E-state index in [1.54, 1.807) is 0 Å². The van der Waals surface area contributed by atoms with Gasteiger partial charge in [-0.2, -0.15) is 0 Å². The van der Waals surface area contributed by atoms with Crippen LogP contribution in [0.25, 0.3) is 5.57 Å². The molecule has 2 heteroatoms. The number of methoxy groups -OCH3 is 1. The van der Waals surface area contributed by atoms with E-state index < -0.39 is 0 Å². The lowest BCUT2D eigenvalue weighted by Gasteiger charge is -2.20. The quantitative estimate of drug-likeness (QED) is 0.763. The summed E-state index contributed by atoms with van der Waals surface area (Å²) in [5.74, 6) is -0.284. The van der Waals surface area contributed by atoms with E-state index in [2.05, 4.69) is 44.2 Å². The Morgan fingerprint density at radius 3 is 2.59 bits per heavy atom. The van der Waals surface area contributed by atoms with Gasteiger partial charge in [-0.3, -0.25) is 0 Å². The second kappa shape index (κ2) is 5.80. The Balaban J connectivity index is 2.12. The fraction of sp³-hybridized carbons (Fsp3) is 0.250. The first-order chi connectivity index (χ1) is 10.6. The van der Waals surface area contributed by atoms with E-state index in [0.717, 1.165) is 18.4 Å². The topological polar surface area (TPSA) is 26.3 Å². The first-order valence-corrected chi connectivity index (χ1v) is 7.59. The molecule has 0 aliphatic heterocycles. The summed E-state index contributed by atoms with van der Waals surface area (Å²) >= 11 is 0. The summed E-state index contributed by atoms with van der Waals surface area (Å²) in [6, 6.07) is 12.4. The Labute approximate surface area is 131 Å². The molecular formula is C20H20O2. The van der Waals surface area contributed by atoms with E-state index in [1.807, 2.05) is 12.1 Å². The lowest BCUT2D eigenvalue weighted by molar-refractivity contribution is 0.0600. The van der Waals surface area contributed by atoms with E-state index in [9.17, 15) is 4.79 Å². The Kier molecular flexibility index (Phi) is 3.84. The average molecular weight is 292 g/mol. The summed E-state index contributed by atoms with van der Waals surface area (Å²) in [4.78, 5) is 11.8. The molecule has 1 aliphatic carbocycles. The molecule has 0 fully saturated rings. The highest BCUT2D eigenvalue weighted by atomic mass is 16.5. The molecule has 2 aromatic carbocycles. The predicted molar refractivity (Wildman–Crippen MR) is 89.1 cm³/mol. The third-order valence-corrected chi connectivity index (χ3v) is 4.26. The molecule has 0 saturated heterocycles. The molecule has 1 aliphatic rings. The Morgan fingerprint density at radius 2 is 1.86 bits per heavy atom. The molecule has 0 radical (unpaired) electrons. The maximum atomic E-state index is 11.8. The predicted octanol–water partition coefficient (Wildman–Crippen LogP) is 4.47. The zero-order chi connectivity index (χ0) is 15.7. The summed E-state index contributed by atoms with van der Waals surface area (Å²) in [5, 5.41) is 0. The number of benzene rings is 2. The smallest absolute Gasteiger partial charge is 0.337 e. The van der Waals surface area contributed by atoms with Gasteiger partial charge in [-0.05, 0) is 66.6 Å². The molecule has 0 aromatic heterocycles.